The van der Waals surface area contributed by atoms with E-state index in [-0.39, 0.29) is 17.2 Å². The lowest BCUT2D eigenvalue weighted by molar-refractivity contribution is -0.126. The molecule has 1 saturated carbocycles. The molecule has 5 nitrogen and oxygen atoms in total. The van der Waals surface area contributed by atoms with Gasteiger partial charge in [0.25, 0.3) is 0 Å². The van der Waals surface area contributed by atoms with Crippen molar-refractivity contribution in [2.75, 3.05) is 5.32 Å². The molecule has 0 bridgehead atoms. The van der Waals surface area contributed by atoms with E-state index in [1.54, 1.807) is 6.92 Å². The summed E-state index contributed by atoms with van der Waals surface area (Å²) in [5.74, 6) is -0.714. The van der Waals surface area contributed by atoms with Gasteiger partial charge in [-0.3, -0.25) is 9.59 Å². The zero-order chi connectivity index (χ0) is 17.5. The lowest BCUT2D eigenvalue weighted by Gasteiger charge is -2.22. The highest BCUT2D eigenvalue weighted by Gasteiger charge is 2.21. The zero-order valence-electron chi connectivity index (χ0n) is 13.8. The minimum absolute atomic E-state index is 0.0454. The molecule has 0 spiro atoms. The van der Waals surface area contributed by atoms with Gasteiger partial charge >= 0.3 is 0 Å². The van der Waals surface area contributed by atoms with Crippen LogP contribution in [0.4, 0.5) is 10.1 Å². The average molecular weight is 331 g/mol. The topological polar surface area (TPSA) is 82.0 Å². The Morgan fingerprint density at radius 1 is 1.33 bits per heavy atom. The highest BCUT2D eigenvalue weighted by Crippen LogP contribution is 2.26. The molecule has 0 aliphatic heterocycles. The van der Waals surface area contributed by atoms with Crippen molar-refractivity contribution in [2.45, 2.75) is 51.5 Å². The molecule has 0 heterocycles. The Morgan fingerprint density at radius 3 is 2.71 bits per heavy atom. The lowest BCUT2D eigenvalue weighted by atomic mass is 9.87. The molecule has 2 rings (SSSR count). The SMILES string of the molecule is C[C@@H](NC(=O)CC1CCCCC1)C(=O)Nc1ccc(F)cc1C#N. The number of carbonyl (C=O) groups excluding carboxylic acids is 2. The van der Waals surface area contributed by atoms with E-state index >= 15 is 0 Å². The van der Waals surface area contributed by atoms with E-state index in [0.29, 0.717) is 12.3 Å². The lowest BCUT2D eigenvalue weighted by Crippen LogP contribution is -2.42. The molecule has 1 aromatic rings. The van der Waals surface area contributed by atoms with Crippen LogP contribution in [0.2, 0.25) is 0 Å². The van der Waals surface area contributed by atoms with Crippen LogP contribution in [0.15, 0.2) is 18.2 Å². The third-order valence-electron chi connectivity index (χ3n) is 4.33. The summed E-state index contributed by atoms with van der Waals surface area (Å²) in [7, 11) is 0. The van der Waals surface area contributed by atoms with Gasteiger partial charge < -0.3 is 10.6 Å². The second-order valence-electron chi connectivity index (χ2n) is 6.29. The molecular formula is C18H22FN3O2. The number of amides is 2. The summed E-state index contributed by atoms with van der Waals surface area (Å²) in [6.07, 6.45) is 6.13. The van der Waals surface area contributed by atoms with Crippen molar-refractivity contribution < 1.29 is 14.0 Å². The van der Waals surface area contributed by atoms with Crippen molar-refractivity contribution in [1.29, 1.82) is 5.26 Å². The highest BCUT2D eigenvalue weighted by atomic mass is 19.1. The molecule has 2 N–H and O–H groups in total. The number of benzene rings is 1. The van der Waals surface area contributed by atoms with Crippen molar-refractivity contribution >= 4 is 17.5 Å². The zero-order valence-corrected chi connectivity index (χ0v) is 13.8. The molecular weight excluding hydrogens is 309 g/mol. The first-order valence-electron chi connectivity index (χ1n) is 8.29. The Hall–Kier alpha value is -2.42. The second kappa shape index (κ2) is 8.44. The van der Waals surface area contributed by atoms with Gasteiger partial charge in [-0.2, -0.15) is 5.26 Å². The number of halogens is 1. The quantitative estimate of drug-likeness (QED) is 0.870. The van der Waals surface area contributed by atoms with Crippen LogP contribution in [0.25, 0.3) is 0 Å². The summed E-state index contributed by atoms with van der Waals surface area (Å²) < 4.78 is 13.1. The van der Waals surface area contributed by atoms with E-state index in [4.69, 9.17) is 5.26 Å². The summed E-state index contributed by atoms with van der Waals surface area (Å²) in [4.78, 5) is 24.2. The first kappa shape index (κ1) is 17.9. The van der Waals surface area contributed by atoms with E-state index in [1.165, 1.54) is 18.6 Å². The van der Waals surface area contributed by atoms with Crippen molar-refractivity contribution in [3.63, 3.8) is 0 Å². The highest BCUT2D eigenvalue weighted by molar-refractivity contribution is 5.97. The Balaban J connectivity index is 1.87. The molecule has 6 heteroatoms. The van der Waals surface area contributed by atoms with Crippen LogP contribution < -0.4 is 10.6 Å². The van der Waals surface area contributed by atoms with Crippen molar-refractivity contribution in [2.24, 2.45) is 5.92 Å². The maximum Gasteiger partial charge on any atom is 0.246 e. The van der Waals surface area contributed by atoms with Crippen molar-refractivity contribution in [3.05, 3.63) is 29.6 Å². The van der Waals surface area contributed by atoms with E-state index in [1.807, 2.05) is 6.07 Å². The molecule has 0 aromatic heterocycles. The number of carbonyl (C=O) groups is 2. The van der Waals surface area contributed by atoms with Gasteiger partial charge in [0, 0.05) is 6.42 Å². The fraction of sp³-hybridized carbons (Fsp3) is 0.500. The minimum atomic E-state index is -0.724. The summed E-state index contributed by atoms with van der Waals surface area (Å²) in [5.41, 5.74) is 0.279. The Labute approximate surface area is 141 Å². The molecule has 1 aromatic carbocycles. The summed E-state index contributed by atoms with van der Waals surface area (Å²) in [5, 5.41) is 14.2. The largest absolute Gasteiger partial charge is 0.345 e. The van der Waals surface area contributed by atoms with Gasteiger partial charge in [0.1, 0.15) is 17.9 Å². The van der Waals surface area contributed by atoms with Crippen molar-refractivity contribution in [1.82, 2.24) is 5.32 Å². The Kier molecular flexibility index (Phi) is 6.30. The van der Waals surface area contributed by atoms with Gasteiger partial charge in [0.15, 0.2) is 0 Å². The van der Waals surface area contributed by atoms with Gasteiger partial charge in [0.05, 0.1) is 11.3 Å². The van der Waals surface area contributed by atoms with Crippen LogP contribution in [0.3, 0.4) is 0 Å². The molecule has 24 heavy (non-hydrogen) atoms. The van der Waals surface area contributed by atoms with Gasteiger partial charge in [-0.15, -0.1) is 0 Å². The predicted octanol–water partition coefficient (Wildman–Crippen LogP) is 3.11. The van der Waals surface area contributed by atoms with Crippen LogP contribution in [-0.4, -0.2) is 17.9 Å². The maximum absolute atomic E-state index is 13.1. The van der Waals surface area contributed by atoms with Crippen molar-refractivity contribution in [3.8, 4) is 6.07 Å². The number of hydrogen-bond donors (Lipinski definition) is 2. The molecule has 1 aliphatic rings. The van der Waals surface area contributed by atoms with Crippen LogP contribution >= 0.6 is 0 Å². The Bertz CT molecular complexity index is 648. The fourth-order valence-electron chi connectivity index (χ4n) is 2.98. The number of nitrogens with one attached hydrogen (secondary N) is 2. The number of anilines is 1. The van der Waals surface area contributed by atoms with Gasteiger partial charge in [0.2, 0.25) is 11.8 Å². The molecule has 0 unspecified atom stereocenters. The third-order valence-corrected chi connectivity index (χ3v) is 4.33. The Morgan fingerprint density at radius 2 is 2.04 bits per heavy atom. The number of hydrogen-bond acceptors (Lipinski definition) is 3. The van der Waals surface area contributed by atoms with Crippen LogP contribution in [0.1, 0.15) is 51.0 Å². The molecule has 128 valence electrons. The standard InChI is InChI=1S/C18H22FN3O2/c1-12(21-17(23)9-13-5-3-2-4-6-13)18(24)22-16-8-7-15(19)10-14(16)11-20/h7-8,10,12-13H,2-6,9H2,1H3,(H,21,23)(H,22,24)/t12-/m1/s1. The number of nitriles is 1. The van der Waals surface area contributed by atoms with E-state index in [2.05, 4.69) is 10.6 Å². The summed E-state index contributed by atoms with van der Waals surface area (Å²) in [6.45, 7) is 1.59. The van der Waals surface area contributed by atoms with Crippen LogP contribution in [0.5, 0.6) is 0 Å². The molecule has 0 radical (unpaired) electrons. The molecule has 2 amide bonds. The van der Waals surface area contributed by atoms with E-state index < -0.39 is 17.8 Å². The van der Waals surface area contributed by atoms with Gasteiger partial charge in [-0.25, -0.2) is 4.39 Å². The fourth-order valence-corrected chi connectivity index (χ4v) is 2.98. The van der Waals surface area contributed by atoms with E-state index in [9.17, 15) is 14.0 Å². The second-order valence-corrected chi connectivity index (χ2v) is 6.29. The first-order valence-corrected chi connectivity index (χ1v) is 8.29. The normalized spacial score (nSPS) is 16.0. The number of nitrogens with zero attached hydrogens (tertiary/aromatic N) is 1. The molecule has 0 saturated heterocycles. The third kappa shape index (κ3) is 5.05. The van der Waals surface area contributed by atoms with Gasteiger partial charge in [-0.05, 0) is 43.9 Å². The molecule has 1 fully saturated rings. The smallest absolute Gasteiger partial charge is 0.246 e. The maximum atomic E-state index is 13.1. The van der Waals surface area contributed by atoms with Crippen LogP contribution in [-0.2, 0) is 9.59 Å². The molecule has 1 atom stereocenters. The van der Waals surface area contributed by atoms with Crippen LogP contribution in [0, 0.1) is 23.1 Å². The average Bonchev–Trinajstić information content (AvgIpc) is 2.57. The first-order chi connectivity index (χ1) is 11.5. The summed E-state index contributed by atoms with van der Waals surface area (Å²) in [6, 6.07) is 4.67. The minimum Gasteiger partial charge on any atom is -0.345 e. The molecule has 1 aliphatic carbocycles. The number of rotatable bonds is 5. The predicted molar refractivity (Wildman–Crippen MR) is 88.5 cm³/mol. The van der Waals surface area contributed by atoms with E-state index in [0.717, 1.165) is 31.7 Å². The monoisotopic (exact) mass is 331 g/mol. The van der Waals surface area contributed by atoms with Gasteiger partial charge in [-0.1, -0.05) is 19.3 Å². The summed E-state index contributed by atoms with van der Waals surface area (Å²) >= 11 is 0.